The van der Waals surface area contributed by atoms with Crippen LogP contribution in [0.1, 0.15) is 45.5 Å². The summed E-state index contributed by atoms with van der Waals surface area (Å²) in [7, 11) is -0.548. The molecular weight excluding hydrogens is 646 g/mol. The minimum atomic E-state index is -3.78. The van der Waals surface area contributed by atoms with E-state index in [0.29, 0.717) is 48.5 Å². The van der Waals surface area contributed by atoms with Crippen LogP contribution < -0.4 is 24.4 Å². The molecule has 0 unspecified atom stereocenters. The third-order valence-corrected chi connectivity index (χ3v) is 9.49. The lowest BCUT2D eigenvalue weighted by Crippen LogP contribution is -2.32. The monoisotopic (exact) mass is 681 g/mol. The normalized spacial score (nSPS) is 13.9. The number of methoxy groups -OCH3 is 2. The van der Waals surface area contributed by atoms with E-state index in [1.807, 2.05) is 36.4 Å². The Labute approximate surface area is 283 Å². The van der Waals surface area contributed by atoms with Gasteiger partial charge < -0.3 is 29.2 Å². The van der Waals surface area contributed by atoms with Gasteiger partial charge in [-0.1, -0.05) is 12.1 Å². The molecule has 1 amide bonds. The van der Waals surface area contributed by atoms with Gasteiger partial charge in [0.2, 0.25) is 5.88 Å². The predicted molar refractivity (Wildman–Crippen MR) is 183 cm³/mol. The van der Waals surface area contributed by atoms with Crippen molar-refractivity contribution in [2.75, 3.05) is 30.7 Å². The largest absolute Gasteiger partial charge is 0.497 e. The SMILES string of the molecule is COc1ccc(CNc2nc3cc(CN(C(=O)c4ccc(OC5CC5)nc4)c4cccnc4S(C)(=O)=O)ccc3c3c2COC3)c(OC)c1. The summed E-state index contributed by atoms with van der Waals surface area (Å²) < 4.78 is 48.1. The van der Waals surface area contributed by atoms with Gasteiger partial charge in [0.05, 0.1) is 50.7 Å². The number of aromatic nitrogens is 3. The van der Waals surface area contributed by atoms with E-state index in [9.17, 15) is 13.2 Å². The number of nitrogens with one attached hydrogen (secondary N) is 1. The van der Waals surface area contributed by atoms with E-state index >= 15 is 0 Å². The second-order valence-electron chi connectivity index (χ2n) is 12.0. The number of carbonyl (C=O) groups excluding carboxylic acids is 1. The van der Waals surface area contributed by atoms with Crippen LogP contribution in [0, 0.1) is 0 Å². The molecule has 1 fully saturated rings. The van der Waals surface area contributed by atoms with E-state index in [2.05, 4.69) is 15.3 Å². The van der Waals surface area contributed by atoms with Gasteiger partial charge in [0.15, 0.2) is 14.9 Å². The number of amides is 1. The molecule has 252 valence electrons. The molecule has 2 aromatic carbocycles. The highest BCUT2D eigenvalue weighted by molar-refractivity contribution is 7.90. The maximum Gasteiger partial charge on any atom is 0.260 e. The third-order valence-electron chi connectivity index (χ3n) is 8.48. The van der Waals surface area contributed by atoms with E-state index in [1.54, 1.807) is 38.5 Å². The van der Waals surface area contributed by atoms with Crippen LogP contribution in [0.15, 0.2) is 78.1 Å². The van der Waals surface area contributed by atoms with Crippen LogP contribution in [0.2, 0.25) is 0 Å². The third kappa shape index (κ3) is 6.85. The number of hydrogen-bond acceptors (Lipinski definition) is 11. The predicted octanol–water partition coefficient (Wildman–Crippen LogP) is 5.48. The summed E-state index contributed by atoms with van der Waals surface area (Å²) in [5, 5.41) is 4.21. The Kier molecular flexibility index (Phi) is 8.78. The Morgan fingerprint density at radius 1 is 1.00 bits per heavy atom. The van der Waals surface area contributed by atoms with Crippen LogP contribution in [-0.4, -0.2) is 55.9 Å². The summed E-state index contributed by atoms with van der Waals surface area (Å²) in [6.45, 7) is 1.37. The fourth-order valence-corrected chi connectivity index (χ4v) is 6.64. The molecule has 1 aliphatic carbocycles. The van der Waals surface area contributed by atoms with Crippen molar-refractivity contribution in [2.45, 2.75) is 50.3 Å². The topological polar surface area (TPSA) is 142 Å². The Hall–Kier alpha value is -5.27. The number of nitrogens with zero attached hydrogens (tertiary/aromatic N) is 4. The van der Waals surface area contributed by atoms with Crippen LogP contribution in [-0.2, 0) is 40.9 Å². The summed E-state index contributed by atoms with van der Waals surface area (Å²) >= 11 is 0. The number of hydrogen-bond donors (Lipinski definition) is 1. The number of rotatable bonds is 12. The van der Waals surface area contributed by atoms with Crippen molar-refractivity contribution in [1.82, 2.24) is 15.0 Å². The standard InChI is InChI=1S/C36H35N5O7S/c1-45-26-9-7-23(32(16-26)46-2)17-39-34-29-21-47-20-28(29)27-12-6-22(15-30(27)40-34)19-41(31-5-4-14-37-35(31)49(3,43)44)36(42)24-8-13-33(38-18-24)48-25-10-11-25/h4-9,12-16,18,25H,10-11,17,19-21H2,1-3H3,(H,39,40). The van der Waals surface area contributed by atoms with Crippen LogP contribution in [0.25, 0.3) is 10.9 Å². The average molecular weight is 682 g/mol. The number of anilines is 2. The second kappa shape index (κ2) is 13.3. The van der Waals surface area contributed by atoms with Crippen molar-refractivity contribution in [3.05, 3.63) is 101 Å². The molecule has 4 heterocycles. The minimum Gasteiger partial charge on any atom is -0.497 e. The summed E-state index contributed by atoms with van der Waals surface area (Å²) in [5.74, 6) is 2.08. The lowest BCUT2D eigenvalue weighted by Gasteiger charge is -2.25. The fraction of sp³-hybridized carbons (Fsp3) is 0.278. The quantitative estimate of drug-likeness (QED) is 0.179. The number of ether oxygens (including phenoxy) is 4. The molecule has 1 aliphatic heterocycles. The zero-order valence-corrected chi connectivity index (χ0v) is 28.1. The van der Waals surface area contributed by atoms with Crippen molar-refractivity contribution < 1.29 is 32.2 Å². The van der Waals surface area contributed by atoms with Crippen LogP contribution in [0.3, 0.4) is 0 Å². The number of sulfone groups is 1. The molecule has 1 N–H and O–H groups in total. The Bertz CT molecular complexity index is 2150. The van der Waals surface area contributed by atoms with E-state index in [0.717, 1.165) is 46.7 Å². The molecule has 0 saturated heterocycles. The molecule has 0 spiro atoms. The molecule has 0 bridgehead atoms. The van der Waals surface area contributed by atoms with Crippen molar-refractivity contribution in [3.8, 4) is 17.4 Å². The number of fused-ring (bicyclic) bond motifs is 3. The molecule has 3 aromatic heterocycles. The Morgan fingerprint density at radius 3 is 2.57 bits per heavy atom. The van der Waals surface area contributed by atoms with E-state index in [-0.39, 0.29) is 28.9 Å². The van der Waals surface area contributed by atoms with Gasteiger partial charge in [0, 0.05) is 53.8 Å². The second-order valence-corrected chi connectivity index (χ2v) is 13.9. The molecule has 12 nitrogen and oxygen atoms in total. The molecule has 1 saturated carbocycles. The average Bonchev–Trinajstić information content (AvgIpc) is 3.79. The molecule has 7 rings (SSSR count). The zero-order valence-electron chi connectivity index (χ0n) is 27.3. The van der Waals surface area contributed by atoms with Crippen LogP contribution >= 0.6 is 0 Å². The maximum absolute atomic E-state index is 14.1. The molecule has 0 radical (unpaired) electrons. The summed E-state index contributed by atoms with van der Waals surface area (Å²) in [4.78, 5) is 29.0. The molecule has 2 aliphatic rings. The van der Waals surface area contributed by atoms with Crippen molar-refractivity contribution in [3.63, 3.8) is 0 Å². The molecule has 5 aromatic rings. The summed E-state index contributed by atoms with van der Waals surface area (Å²) in [6.07, 6.45) is 6.05. The van der Waals surface area contributed by atoms with E-state index in [1.165, 1.54) is 17.3 Å². The molecule has 49 heavy (non-hydrogen) atoms. The zero-order chi connectivity index (χ0) is 34.1. The first kappa shape index (κ1) is 32.3. The molecular formula is C36H35N5O7S. The van der Waals surface area contributed by atoms with Crippen LogP contribution in [0.4, 0.5) is 11.5 Å². The fourth-order valence-electron chi connectivity index (χ4n) is 5.83. The van der Waals surface area contributed by atoms with E-state index < -0.39 is 15.7 Å². The highest BCUT2D eigenvalue weighted by atomic mass is 32.2. The van der Waals surface area contributed by atoms with Crippen molar-refractivity contribution in [2.24, 2.45) is 0 Å². The smallest absolute Gasteiger partial charge is 0.260 e. The van der Waals surface area contributed by atoms with Gasteiger partial charge in [0.1, 0.15) is 23.4 Å². The lowest BCUT2D eigenvalue weighted by molar-refractivity contribution is 0.0984. The Balaban J connectivity index is 1.23. The Morgan fingerprint density at radius 2 is 1.84 bits per heavy atom. The highest BCUT2D eigenvalue weighted by Crippen LogP contribution is 2.35. The number of pyridine rings is 3. The van der Waals surface area contributed by atoms with Gasteiger partial charge in [-0.15, -0.1) is 0 Å². The summed E-state index contributed by atoms with van der Waals surface area (Å²) in [6, 6.07) is 17.9. The van der Waals surface area contributed by atoms with Gasteiger partial charge >= 0.3 is 0 Å². The first-order valence-electron chi connectivity index (χ1n) is 15.8. The van der Waals surface area contributed by atoms with Gasteiger partial charge in [0.25, 0.3) is 5.91 Å². The van der Waals surface area contributed by atoms with Gasteiger partial charge in [-0.25, -0.2) is 23.4 Å². The number of carbonyl (C=O) groups is 1. The van der Waals surface area contributed by atoms with Crippen LogP contribution in [0.5, 0.6) is 17.4 Å². The van der Waals surface area contributed by atoms with Crippen molar-refractivity contribution in [1.29, 1.82) is 0 Å². The van der Waals surface area contributed by atoms with Gasteiger partial charge in [-0.3, -0.25) is 4.79 Å². The van der Waals surface area contributed by atoms with Crippen molar-refractivity contribution >= 4 is 38.2 Å². The minimum absolute atomic E-state index is 0.0460. The number of benzene rings is 2. The van der Waals surface area contributed by atoms with Gasteiger partial charge in [-0.2, -0.15) is 0 Å². The summed E-state index contributed by atoms with van der Waals surface area (Å²) in [5.41, 5.74) is 4.84. The highest BCUT2D eigenvalue weighted by Gasteiger charge is 2.28. The lowest BCUT2D eigenvalue weighted by atomic mass is 10.0. The molecule has 0 atom stereocenters. The molecule has 13 heteroatoms. The first-order chi connectivity index (χ1) is 23.7. The maximum atomic E-state index is 14.1. The first-order valence-corrected chi connectivity index (χ1v) is 17.7. The van der Waals surface area contributed by atoms with Gasteiger partial charge in [-0.05, 0) is 60.4 Å². The van der Waals surface area contributed by atoms with E-state index in [4.69, 9.17) is 23.9 Å².